The van der Waals surface area contributed by atoms with Crippen LogP contribution in [-0.2, 0) is 17.6 Å². The number of carbonyl (C=O) groups excluding carboxylic acids is 1. The lowest BCUT2D eigenvalue weighted by atomic mass is 10.2. The zero-order valence-electron chi connectivity index (χ0n) is 10.3. The van der Waals surface area contributed by atoms with Crippen molar-refractivity contribution >= 4 is 23.2 Å². The van der Waals surface area contributed by atoms with Gasteiger partial charge in [0, 0.05) is 17.8 Å². The lowest BCUT2D eigenvalue weighted by Gasteiger charge is -2.20. The molecule has 2 aliphatic rings. The number of β-amino-alcohol motifs (C(OH)–C–C–N with tert-alkyl or cyclic N) is 1. The van der Waals surface area contributed by atoms with Gasteiger partial charge in [0.2, 0.25) is 0 Å². The third-order valence-electron chi connectivity index (χ3n) is 3.78. The van der Waals surface area contributed by atoms with Crippen LogP contribution in [0.5, 0.6) is 0 Å². The van der Waals surface area contributed by atoms with E-state index in [4.69, 9.17) is 5.11 Å². The Bertz CT molecular complexity index is 517. The second-order valence-corrected chi connectivity index (χ2v) is 6.25. The lowest BCUT2D eigenvalue weighted by Crippen LogP contribution is -2.40. The maximum Gasteiger partial charge on any atom is 0.326 e. The number of thiophene rings is 1. The molecule has 1 saturated heterocycles. The second kappa shape index (κ2) is 4.61. The fourth-order valence-corrected chi connectivity index (χ4v) is 4.06. The van der Waals surface area contributed by atoms with Crippen molar-refractivity contribution < 1.29 is 19.8 Å². The molecule has 1 aromatic rings. The number of aryl methyl sites for hydroxylation is 2. The van der Waals surface area contributed by atoms with Gasteiger partial charge in [0.15, 0.2) is 0 Å². The van der Waals surface area contributed by atoms with Gasteiger partial charge in [-0.15, -0.1) is 11.3 Å². The molecule has 0 aromatic carbocycles. The van der Waals surface area contributed by atoms with Gasteiger partial charge in [-0.3, -0.25) is 4.79 Å². The first kappa shape index (κ1) is 12.6. The molecule has 1 aliphatic heterocycles. The molecule has 3 rings (SSSR count). The summed E-state index contributed by atoms with van der Waals surface area (Å²) >= 11 is 1.47. The van der Waals surface area contributed by atoms with E-state index in [-0.39, 0.29) is 18.9 Å². The number of aliphatic hydroxyl groups excluding tert-OH is 1. The largest absolute Gasteiger partial charge is 0.480 e. The Balaban J connectivity index is 1.84. The molecule has 0 radical (unpaired) electrons. The Morgan fingerprint density at radius 2 is 2.16 bits per heavy atom. The number of carboxylic acids is 1. The van der Waals surface area contributed by atoms with Crippen molar-refractivity contribution in [2.75, 3.05) is 6.54 Å². The van der Waals surface area contributed by atoms with Gasteiger partial charge in [-0.2, -0.15) is 0 Å². The average Bonchev–Trinajstić information content (AvgIpc) is 2.99. The van der Waals surface area contributed by atoms with Gasteiger partial charge in [0.25, 0.3) is 5.91 Å². The fourth-order valence-electron chi connectivity index (χ4n) is 2.85. The van der Waals surface area contributed by atoms with Crippen molar-refractivity contribution in [3.8, 4) is 0 Å². The van der Waals surface area contributed by atoms with Crippen molar-refractivity contribution in [3.63, 3.8) is 0 Å². The number of fused-ring (bicyclic) bond motifs is 1. The van der Waals surface area contributed by atoms with Crippen LogP contribution in [0.25, 0.3) is 0 Å². The smallest absolute Gasteiger partial charge is 0.326 e. The van der Waals surface area contributed by atoms with Crippen LogP contribution in [0.15, 0.2) is 6.07 Å². The molecule has 102 valence electrons. The lowest BCUT2D eigenvalue weighted by molar-refractivity contribution is -0.141. The van der Waals surface area contributed by atoms with E-state index in [2.05, 4.69) is 0 Å². The van der Waals surface area contributed by atoms with Gasteiger partial charge in [0.1, 0.15) is 6.04 Å². The second-order valence-electron chi connectivity index (χ2n) is 5.11. The van der Waals surface area contributed by atoms with Gasteiger partial charge in [0.05, 0.1) is 11.0 Å². The summed E-state index contributed by atoms with van der Waals surface area (Å²) in [4.78, 5) is 26.6. The van der Waals surface area contributed by atoms with Crippen LogP contribution in [0.3, 0.4) is 0 Å². The van der Waals surface area contributed by atoms with Gasteiger partial charge in [-0.1, -0.05) is 0 Å². The van der Waals surface area contributed by atoms with E-state index < -0.39 is 18.1 Å². The molecular weight excluding hydrogens is 266 g/mol. The molecular formula is C13H15NO4S. The molecule has 2 N–H and O–H groups in total. The van der Waals surface area contributed by atoms with Crippen molar-refractivity contribution in [1.82, 2.24) is 4.90 Å². The SMILES string of the molecule is O=C(O)[C@@H]1C[C@H](O)CN1C(=O)c1cc2c(s1)CCC2. The molecule has 0 unspecified atom stereocenters. The van der Waals surface area contributed by atoms with Gasteiger partial charge >= 0.3 is 5.97 Å². The van der Waals surface area contributed by atoms with Crippen LogP contribution in [0.4, 0.5) is 0 Å². The predicted molar refractivity (Wildman–Crippen MR) is 69.4 cm³/mol. The quantitative estimate of drug-likeness (QED) is 0.844. The summed E-state index contributed by atoms with van der Waals surface area (Å²) in [5.41, 5.74) is 1.22. The van der Waals surface area contributed by atoms with Crippen LogP contribution in [0, 0.1) is 0 Å². The molecule has 2 atom stereocenters. The van der Waals surface area contributed by atoms with Crippen LogP contribution < -0.4 is 0 Å². The topological polar surface area (TPSA) is 77.8 Å². The summed E-state index contributed by atoms with van der Waals surface area (Å²) in [6, 6.07) is 0.985. The Hall–Kier alpha value is -1.40. The first-order valence-electron chi connectivity index (χ1n) is 6.39. The highest BCUT2D eigenvalue weighted by molar-refractivity contribution is 7.14. The summed E-state index contributed by atoms with van der Waals surface area (Å²) in [5.74, 6) is -1.31. The summed E-state index contributed by atoms with van der Waals surface area (Å²) in [7, 11) is 0. The minimum atomic E-state index is -1.05. The molecule has 2 heterocycles. The predicted octanol–water partition coefficient (Wildman–Crippen LogP) is 0.897. The van der Waals surface area contributed by atoms with Crippen LogP contribution in [0.2, 0.25) is 0 Å². The maximum atomic E-state index is 12.4. The monoisotopic (exact) mass is 281 g/mol. The molecule has 1 amide bonds. The van der Waals surface area contributed by atoms with E-state index in [1.807, 2.05) is 6.07 Å². The van der Waals surface area contributed by atoms with Crippen LogP contribution >= 0.6 is 11.3 Å². The molecule has 0 bridgehead atoms. The van der Waals surface area contributed by atoms with Gasteiger partial charge in [-0.25, -0.2) is 4.79 Å². The number of amides is 1. The van der Waals surface area contributed by atoms with E-state index in [9.17, 15) is 14.7 Å². The standard InChI is InChI=1S/C13H15NO4S/c15-8-5-9(13(17)18)14(6-8)12(16)11-4-7-2-1-3-10(7)19-11/h4,8-9,15H,1-3,5-6H2,(H,17,18)/t8-,9-/m0/s1. The number of carbonyl (C=O) groups is 2. The molecule has 1 aliphatic carbocycles. The molecule has 5 nitrogen and oxygen atoms in total. The summed E-state index contributed by atoms with van der Waals surface area (Å²) in [5, 5.41) is 18.7. The zero-order chi connectivity index (χ0) is 13.6. The first-order valence-corrected chi connectivity index (χ1v) is 7.21. The third kappa shape index (κ3) is 2.15. The van der Waals surface area contributed by atoms with Crippen molar-refractivity contribution in [1.29, 1.82) is 0 Å². The highest BCUT2D eigenvalue weighted by Gasteiger charge is 2.39. The summed E-state index contributed by atoms with van der Waals surface area (Å²) in [6.07, 6.45) is 2.53. The average molecular weight is 281 g/mol. The molecule has 0 spiro atoms. The van der Waals surface area contributed by atoms with Crippen molar-refractivity contribution in [2.24, 2.45) is 0 Å². The van der Waals surface area contributed by atoms with E-state index in [1.165, 1.54) is 26.7 Å². The third-order valence-corrected chi connectivity index (χ3v) is 5.01. The van der Waals surface area contributed by atoms with E-state index in [0.717, 1.165) is 19.3 Å². The number of aliphatic carboxylic acids is 1. The summed E-state index contributed by atoms with van der Waals surface area (Å²) < 4.78 is 0. The number of likely N-dealkylation sites (tertiary alicyclic amines) is 1. The fraction of sp³-hybridized carbons (Fsp3) is 0.538. The highest BCUT2D eigenvalue weighted by Crippen LogP contribution is 2.32. The Morgan fingerprint density at radius 1 is 1.37 bits per heavy atom. The molecule has 1 fully saturated rings. The minimum absolute atomic E-state index is 0.109. The van der Waals surface area contributed by atoms with Crippen LogP contribution in [-0.4, -0.2) is 45.7 Å². The normalized spacial score (nSPS) is 25.6. The first-order chi connectivity index (χ1) is 9.06. The Kier molecular flexibility index (Phi) is 3.06. The number of carboxylic acid groups (broad SMARTS) is 1. The molecule has 0 saturated carbocycles. The van der Waals surface area contributed by atoms with E-state index in [0.29, 0.717) is 4.88 Å². The minimum Gasteiger partial charge on any atom is -0.480 e. The van der Waals surface area contributed by atoms with Crippen molar-refractivity contribution in [2.45, 2.75) is 37.8 Å². The van der Waals surface area contributed by atoms with Gasteiger partial charge < -0.3 is 15.1 Å². The maximum absolute atomic E-state index is 12.4. The highest BCUT2D eigenvalue weighted by atomic mass is 32.1. The number of nitrogens with zero attached hydrogens (tertiary/aromatic N) is 1. The number of hydrogen-bond acceptors (Lipinski definition) is 4. The van der Waals surface area contributed by atoms with E-state index >= 15 is 0 Å². The molecule has 19 heavy (non-hydrogen) atoms. The molecule has 1 aromatic heterocycles. The zero-order valence-corrected chi connectivity index (χ0v) is 11.2. The number of aliphatic hydroxyl groups is 1. The molecule has 6 heteroatoms. The Labute approximate surface area is 114 Å². The summed E-state index contributed by atoms with van der Waals surface area (Å²) in [6.45, 7) is 0.109. The van der Waals surface area contributed by atoms with Crippen LogP contribution in [0.1, 0.15) is 33.0 Å². The van der Waals surface area contributed by atoms with Gasteiger partial charge in [-0.05, 0) is 30.9 Å². The van der Waals surface area contributed by atoms with Crippen molar-refractivity contribution in [3.05, 3.63) is 21.4 Å². The number of rotatable bonds is 2. The van der Waals surface area contributed by atoms with E-state index in [1.54, 1.807) is 0 Å². The Morgan fingerprint density at radius 3 is 2.84 bits per heavy atom. The number of hydrogen-bond donors (Lipinski definition) is 2.